The highest BCUT2D eigenvalue weighted by molar-refractivity contribution is 4.75. The first-order chi connectivity index (χ1) is 4.33. The third-order valence-electron chi connectivity index (χ3n) is 2.38. The summed E-state index contributed by atoms with van der Waals surface area (Å²) in [5.41, 5.74) is 0.322. The molecule has 68 valence electrons. The lowest BCUT2D eigenvalue weighted by Gasteiger charge is -2.28. The van der Waals surface area contributed by atoms with Crippen molar-refractivity contribution in [2.75, 3.05) is 20.6 Å². The van der Waals surface area contributed by atoms with Gasteiger partial charge in [-0.3, -0.25) is 0 Å². The molecule has 2 nitrogen and oxygen atoms in total. The topological polar surface area (TPSA) is 20.2 Å². The van der Waals surface area contributed by atoms with E-state index in [4.69, 9.17) is 0 Å². The average Bonchev–Trinajstić information content (AvgIpc) is 1.73. The number of hydrogen-bond acceptors (Lipinski definition) is 1. The largest absolute Gasteiger partial charge is 1.00 e. The highest BCUT2D eigenvalue weighted by Crippen LogP contribution is 2.35. The van der Waals surface area contributed by atoms with Gasteiger partial charge in [-0.2, -0.15) is 0 Å². The summed E-state index contributed by atoms with van der Waals surface area (Å²) in [6.07, 6.45) is 0.773. The van der Waals surface area contributed by atoms with Gasteiger partial charge in [0.05, 0.1) is 20.6 Å². The zero-order chi connectivity index (χ0) is 7.99. The molecule has 1 atom stereocenters. The molecule has 1 rings (SSSR count). The summed E-state index contributed by atoms with van der Waals surface area (Å²) in [6.45, 7) is 5.50. The predicted molar refractivity (Wildman–Crippen MR) is 41.4 cm³/mol. The Bertz CT molecular complexity index is 145. The maximum absolute atomic E-state index is 9.56. The molecule has 0 bridgehead atoms. The third-order valence-corrected chi connectivity index (χ3v) is 2.38. The molecule has 0 spiro atoms. The minimum Gasteiger partial charge on any atom is -1.00 e. The summed E-state index contributed by atoms with van der Waals surface area (Å²) >= 11 is 0. The van der Waals surface area contributed by atoms with Crippen LogP contribution >= 0.6 is 0 Å². The standard InChI is InChI=1S/C8H18NO.ClH/c1-8(2)5-7(10)9(3,4)6-8;/h7,10H,5-6H2,1-4H3;1H/q+1;/p-1. The van der Waals surface area contributed by atoms with E-state index in [1.54, 1.807) is 0 Å². The Morgan fingerprint density at radius 2 is 1.82 bits per heavy atom. The van der Waals surface area contributed by atoms with E-state index in [1.807, 2.05) is 0 Å². The van der Waals surface area contributed by atoms with Gasteiger partial charge in [0.25, 0.3) is 0 Å². The lowest BCUT2D eigenvalue weighted by Crippen LogP contribution is -3.00. The molecule has 11 heavy (non-hydrogen) atoms. The summed E-state index contributed by atoms with van der Waals surface area (Å²) in [5, 5.41) is 9.56. The minimum absolute atomic E-state index is 0. The van der Waals surface area contributed by atoms with Crippen LogP contribution in [-0.4, -0.2) is 36.5 Å². The van der Waals surface area contributed by atoms with E-state index in [0.717, 1.165) is 17.4 Å². The van der Waals surface area contributed by atoms with Crippen LogP contribution in [0, 0.1) is 5.41 Å². The third kappa shape index (κ3) is 2.32. The van der Waals surface area contributed by atoms with E-state index < -0.39 is 0 Å². The monoisotopic (exact) mass is 179 g/mol. The number of rotatable bonds is 0. The molecule has 1 N–H and O–H groups in total. The van der Waals surface area contributed by atoms with Crippen LogP contribution in [0.5, 0.6) is 0 Å². The smallest absolute Gasteiger partial charge is 0.190 e. The summed E-state index contributed by atoms with van der Waals surface area (Å²) < 4.78 is 0.757. The molecular weight excluding hydrogens is 162 g/mol. The summed E-state index contributed by atoms with van der Waals surface area (Å²) in [7, 11) is 4.17. The second-order valence-corrected chi connectivity index (χ2v) is 4.79. The summed E-state index contributed by atoms with van der Waals surface area (Å²) in [6, 6.07) is 0. The number of halogens is 1. The zero-order valence-corrected chi connectivity index (χ0v) is 8.52. The van der Waals surface area contributed by atoms with Gasteiger partial charge in [-0.25, -0.2) is 0 Å². The first-order valence-corrected chi connectivity index (χ1v) is 3.84. The van der Waals surface area contributed by atoms with E-state index >= 15 is 0 Å². The van der Waals surface area contributed by atoms with Crippen LogP contribution in [0.1, 0.15) is 20.3 Å². The van der Waals surface area contributed by atoms with Crippen LogP contribution in [0.15, 0.2) is 0 Å². The van der Waals surface area contributed by atoms with Gasteiger partial charge in [0.15, 0.2) is 6.23 Å². The first-order valence-electron chi connectivity index (χ1n) is 3.84. The molecular formula is C8H18ClNO. The molecule has 1 unspecified atom stereocenters. The molecule has 1 aliphatic heterocycles. The van der Waals surface area contributed by atoms with Crippen molar-refractivity contribution in [1.29, 1.82) is 0 Å². The predicted octanol–water partition coefficient (Wildman–Crippen LogP) is -2.18. The summed E-state index contributed by atoms with van der Waals surface area (Å²) in [5.74, 6) is 0. The molecule has 1 aliphatic rings. The normalized spacial score (nSPS) is 33.0. The van der Waals surface area contributed by atoms with Crippen molar-refractivity contribution in [2.45, 2.75) is 26.5 Å². The van der Waals surface area contributed by atoms with Gasteiger partial charge in [0.2, 0.25) is 0 Å². The van der Waals surface area contributed by atoms with Gasteiger partial charge in [0.1, 0.15) is 0 Å². The van der Waals surface area contributed by atoms with E-state index in [1.165, 1.54) is 0 Å². The highest BCUT2D eigenvalue weighted by atomic mass is 35.5. The van der Waals surface area contributed by atoms with Gasteiger partial charge in [0, 0.05) is 11.8 Å². The second kappa shape index (κ2) is 2.92. The molecule has 3 heteroatoms. The van der Waals surface area contributed by atoms with Crippen molar-refractivity contribution < 1.29 is 22.0 Å². The molecule has 1 heterocycles. The van der Waals surface area contributed by atoms with Gasteiger partial charge < -0.3 is 22.0 Å². The van der Waals surface area contributed by atoms with E-state index in [0.29, 0.717) is 5.41 Å². The highest BCUT2D eigenvalue weighted by Gasteiger charge is 2.44. The summed E-state index contributed by atoms with van der Waals surface area (Å²) in [4.78, 5) is 0. The van der Waals surface area contributed by atoms with Gasteiger partial charge in [-0.05, 0) is 0 Å². The number of likely N-dealkylation sites (tertiary alicyclic amines) is 1. The van der Waals surface area contributed by atoms with Crippen LogP contribution in [-0.2, 0) is 0 Å². The Morgan fingerprint density at radius 3 is 1.91 bits per heavy atom. The van der Waals surface area contributed by atoms with Crippen LogP contribution in [0.2, 0.25) is 0 Å². The quantitative estimate of drug-likeness (QED) is 0.420. The van der Waals surface area contributed by atoms with Crippen LogP contribution in [0.4, 0.5) is 0 Å². The number of quaternary nitrogens is 1. The van der Waals surface area contributed by atoms with Crippen LogP contribution < -0.4 is 12.4 Å². The number of nitrogens with zero attached hydrogens (tertiary/aromatic N) is 1. The number of aliphatic hydroxyl groups excluding tert-OH is 1. The number of aliphatic hydroxyl groups is 1. The molecule has 1 saturated heterocycles. The molecule has 0 saturated carbocycles. The Hall–Kier alpha value is 0.210. The van der Waals surface area contributed by atoms with E-state index in [-0.39, 0.29) is 18.6 Å². The maximum Gasteiger partial charge on any atom is 0.190 e. The lowest BCUT2D eigenvalue weighted by molar-refractivity contribution is -0.925. The minimum atomic E-state index is -0.157. The van der Waals surface area contributed by atoms with E-state index in [9.17, 15) is 5.11 Å². The maximum atomic E-state index is 9.56. The Balaban J connectivity index is 0.000001000. The second-order valence-electron chi connectivity index (χ2n) is 4.79. The van der Waals surface area contributed by atoms with Crippen LogP contribution in [0.25, 0.3) is 0 Å². The average molecular weight is 180 g/mol. The van der Waals surface area contributed by atoms with Crippen molar-refractivity contribution in [3.8, 4) is 0 Å². The molecule has 0 aromatic rings. The molecule has 0 aromatic heterocycles. The van der Waals surface area contributed by atoms with Gasteiger partial charge >= 0.3 is 0 Å². The van der Waals surface area contributed by atoms with Crippen molar-refractivity contribution in [2.24, 2.45) is 5.41 Å². The molecule has 0 aliphatic carbocycles. The van der Waals surface area contributed by atoms with Gasteiger partial charge in [-0.15, -0.1) is 0 Å². The van der Waals surface area contributed by atoms with Crippen LogP contribution in [0.3, 0.4) is 0 Å². The molecule has 0 amide bonds. The Morgan fingerprint density at radius 1 is 1.36 bits per heavy atom. The molecule has 0 aromatic carbocycles. The van der Waals surface area contributed by atoms with Crippen molar-refractivity contribution in [1.82, 2.24) is 0 Å². The first kappa shape index (κ1) is 11.2. The van der Waals surface area contributed by atoms with E-state index in [2.05, 4.69) is 27.9 Å². The zero-order valence-electron chi connectivity index (χ0n) is 7.76. The fourth-order valence-corrected chi connectivity index (χ4v) is 2.01. The Kier molecular flexibility index (Phi) is 2.98. The fourth-order valence-electron chi connectivity index (χ4n) is 2.01. The Labute approximate surface area is 75.2 Å². The van der Waals surface area contributed by atoms with Gasteiger partial charge in [-0.1, -0.05) is 13.8 Å². The lowest BCUT2D eigenvalue weighted by atomic mass is 9.93. The molecule has 1 fully saturated rings. The molecule has 0 radical (unpaired) electrons. The fraction of sp³-hybridized carbons (Fsp3) is 1.00. The van der Waals surface area contributed by atoms with Crippen molar-refractivity contribution in [3.63, 3.8) is 0 Å². The van der Waals surface area contributed by atoms with Crippen molar-refractivity contribution >= 4 is 0 Å². The number of hydrogen-bond donors (Lipinski definition) is 1. The SMILES string of the molecule is CC1(C)CC(O)[N+](C)(C)C1.[Cl-]. The van der Waals surface area contributed by atoms with Crippen molar-refractivity contribution in [3.05, 3.63) is 0 Å².